The van der Waals surface area contributed by atoms with E-state index in [1.54, 1.807) is 6.20 Å². The second kappa shape index (κ2) is 7.94. The molecule has 3 heterocycles. The third-order valence-electron chi connectivity index (χ3n) is 4.25. The number of aliphatic hydroxyl groups excluding tert-OH is 1. The zero-order valence-electron chi connectivity index (χ0n) is 14.3. The van der Waals surface area contributed by atoms with E-state index < -0.39 is 6.10 Å². The van der Waals surface area contributed by atoms with Gasteiger partial charge >= 0.3 is 0 Å². The largest absolute Gasteiger partial charge is 0.384 e. The Morgan fingerprint density at radius 3 is 2.52 bits per heavy atom. The third-order valence-corrected chi connectivity index (χ3v) is 4.25. The zero-order chi connectivity index (χ0) is 17.6. The Morgan fingerprint density at radius 2 is 1.84 bits per heavy atom. The number of amides is 1. The molecule has 0 unspecified atom stereocenters. The molecule has 3 rings (SSSR count). The van der Waals surface area contributed by atoms with Crippen molar-refractivity contribution in [3.63, 3.8) is 0 Å². The molecule has 132 valence electrons. The first-order valence-electron chi connectivity index (χ1n) is 8.46. The topological polar surface area (TPSA) is 81.6 Å². The molecule has 1 amide bonds. The fourth-order valence-electron chi connectivity index (χ4n) is 2.87. The van der Waals surface area contributed by atoms with Gasteiger partial charge in [0.15, 0.2) is 0 Å². The summed E-state index contributed by atoms with van der Waals surface area (Å²) in [6.45, 7) is 5.22. The maximum absolute atomic E-state index is 11.6. The average molecular weight is 341 g/mol. The van der Waals surface area contributed by atoms with Crippen molar-refractivity contribution in [3.8, 4) is 0 Å². The van der Waals surface area contributed by atoms with Crippen LogP contribution < -0.4 is 15.1 Å². The van der Waals surface area contributed by atoms with Crippen molar-refractivity contribution in [2.75, 3.05) is 36.0 Å². The van der Waals surface area contributed by atoms with Crippen molar-refractivity contribution >= 4 is 17.5 Å². The second-order valence-electron chi connectivity index (χ2n) is 6.04. The first-order chi connectivity index (χ1) is 12.1. The molecule has 1 aliphatic heterocycles. The van der Waals surface area contributed by atoms with E-state index in [2.05, 4.69) is 25.1 Å². The van der Waals surface area contributed by atoms with Crippen molar-refractivity contribution < 1.29 is 9.90 Å². The van der Waals surface area contributed by atoms with Gasteiger partial charge < -0.3 is 20.2 Å². The van der Waals surface area contributed by atoms with Crippen LogP contribution in [0.2, 0.25) is 0 Å². The molecular formula is C18H23N5O2. The molecular weight excluding hydrogens is 318 g/mol. The molecule has 0 aliphatic carbocycles. The van der Waals surface area contributed by atoms with Crippen LogP contribution in [0.1, 0.15) is 12.5 Å². The fourth-order valence-corrected chi connectivity index (χ4v) is 2.87. The molecule has 1 atom stereocenters. The van der Waals surface area contributed by atoms with E-state index in [-0.39, 0.29) is 5.91 Å². The van der Waals surface area contributed by atoms with Crippen LogP contribution in [0.25, 0.3) is 0 Å². The van der Waals surface area contributed by atoms with Crippen LogP contribution in [0.3, 0.4) is 0 Å². The number of carbonyl (C=O) groups excluding carboxylic acids is 1. The highest BCUT2D eigenvalue weighted by molar-refractivity contribution is 5.80. The van der Waals surface area contributed by atoms with Crippen LogP contribution in [-0.4, -0.2) is 53.3 Å². The number of hydrogen-bond donors (Lipinski definition) is 2. The van der Waals surface area contributed by atoms with Crippen molar-refractivity contribution in [1.82, 2.24) is 15.3 Å². The Hall–Kier alpha value is -2.67. The summed E-state index contributed by atoms with van der Waals surface area (Å²) < 4.78 is 0. The zero-order valence-corrected chi connectivity index (χ0v) is 14.3. The quantitative estimate of drug-likeness (QED) is 0.837. The van der Waals surface area contributed by atoms with Crippen molar-refractivity contribution in [3.05, 3.63) is 48.3 Å². The standard InChI is InChI=1S/C18H23N5O2/c1-14(24)18(25)21-13-15-5-4-8-20-17(15)23-11-9-22(10-12-23)16-6-2-3-7-19-16/h2-8,14,24H,9-13H2,1H3,(H,21,25)/t14-/m0/s1. The molecule has 0 radical (unpaired) electrons. The molecule has 2 aromatic rings. The van der Waals surface area contributed by atoms with Gasteiger partial charge in [-0.05, 0) is 25.1 Å². The van der Waals surface area contributed by atoms with Crippen LogP contribution in [0, 0.1) is 0 Å². The fraction of sp³-hybridized carbons (Fsp3) is 0.389. The third kappa shape index (κ3) is 4.24. The Balaban J connectivity index is 1.64. The predicted molar refractivity (Wildman–Crippen MR) is 96.4 cm³/mol. The van der Waals surface area contributed by atoms with Crippen molar-refractivity contribution in [2.45, 2.75) is 19.6 Å². The van der Waals surface area contributed by atoms with Crippen LogP contribution in [0.4, 0.5) is 11.6 Å². The summed E-state index contributed by atoms with van der Waals surface area (Å²) in [5, 5.41) is 12.0. The lowest BCUT2D eigenvalue weighted by molar-refractivity contribution is -0.128. The second-order valence-corrected chi connectivity index (χ2v) is 6.04. The summed E-state index contributed by atoms with van der Waals surface area (Å²) in [5.41, 5.74) is 0.947. The van der Waals surface area contributed by atoms with E-state index >= 15 is 0 Å². The van der Waals surface area contributed by atoms with Crippen LogP contribution >= 0.6 is 0 Å². The van der Waals surface area contributed by atoms with Crippen molar-refractivity contribution in [1.29, 1.82) is 0 Å². The lowest BCUT2D eigenvalue weighted by Gasteiger charge is -2.36. The SMILES string of the molecule is C[C@H](O)C(=O)NCc1cccnc1N1CCN(c2ccccn2)CC1. The summed E-state index contributed by atoms with van der Waals surface area (Å²) in [6, 6.07) is 9.75. The molecule has 1 saturated heterocycles. The first kappa shape index (κ1) is 17.2. The van der Waals surface area contributed by atoms with E-state index in [1.165, 1.54) is 6.92 Å². The normalized spacial score (nSPS) is 15.8. The van der Waals surface area contributed by atoms with E-state index in [0.29, 0.717) is 6.54 Å². The lowest BCUT2D eigenvalue weighted by Crippen LogP contribution is -2.47. The van der Waals surface area contributed by atoms with Crippen LogP contribution in [0.5, 0.6) is 0 Å². The van der Waals surface area contributed by atoms with Crippen LogP contribution in [-0.2, 0) is 11.3 Å². The molecule has 2 aromatic heterocycles. The van der Waals surface area contributed by atoms with Gasteiger partial charge in [-0.3, -0.25) is 4.79 Å². The number of aromatic nitrogens is 2. The summed E-state index contributed by atoms with van der Waals surface area (Å²) >= 11 is 0. The minimum Gasteiger partial charge on any atom is -0.384 e. The van der Waals surface area contributed by atoms with E-state index in [9.17, 15) is 9.90 Å². The molecule has 1 fully saturated rings. The highest BCUT2D eigenvalue weighted by Gasteiger charge is 2.21. The highest BCUT2D eigenvalue weighted by Crippen LogP contribution is 2.20. The minimum atomic E-state index is -1.01. The van der Waals surface area contributed by atoms with Gasteiger partial charge in [0.25, 0.3) is 0 Å². The van der Waals surface area contributed by atoms with E-state index in [0.717, 1.165) is 43.4 Å². The molecule has 0 saturated carbocycles. The van der Waals surface area contributed by atoms with Gasteiger partial charge in [-0.1, -0.05) is 12.1 Å². The number of aliphatic hydroxyl groups is 1. The number of anilines is 2. The Labute approximate surface area is 147 Å². The number of hydrogen-bond acceptors (Lipinski definition) is 6. The van der Waals surface area contributed by atoms with Gasteiger partial charge in [-0.15, -0.1) is 0 Å². The molecule has 2 N–H and O–H groups in total. The Morgan fingerprint density at radius 1 is 1.12 bits per heavy atom. The van der Waals surface area contributed by atoms with Gasteiger partial charge in [0.05, 0.1) is 0 Å². The van der Waals surface area contributed by atoms with E-state index in [4.69, 9.17) is 0 Å². The number of rotatable bonds is 5. The maximum Gasteiger partial charge on any atom is 0.248 e. The summed E-state index contributed by atoms with van der Waals surface area (Å²) in [4.78, 5) is 25.0. The summed E-state index contributed by atoms with van der Waals surface area (Å²) in [5.74, 6) is 1.50. The molecule has 7 nitrogen and oxygen atoms in total. The molecule has 0 spiro atoms. The maximum atomic E-state index is 11.6. The van der Waals surface area contributed by atoms with Gasteiger partial charge in [-0.25, -0.2) is 9.97 Å². The number of nitrogens with zero attached hydrogens (tertiary/aromatic N) is 4. The smallest absolute Gasteiger partial charge is 0.248 e. The Bertz CT molecular complexity index is 700. The highest BCUT2D eigenvalue weighted by atomic mass is 16.3. The lowest BCUT2D eigenvalue weighted by atomic mass is 10.2. The van der Waals surface area contributed by atoms with E-state index in [1.807, 2.05) is 36.5 Å². The molecule has 0 aromatic carbocycles. The summed E-state index contributed by atoms with van der Waals surface area (Å²) in [6.07, 6.45) is 2.56. The molecule has 0 bridgehead atoms. The first-order valence-corrected chi connectivity index (χ1v) is 8.46. The molecule has 1 aliphatic rings. The van der Waals surface area contributed by atoms with Crippen molar-refractivity contribution in [2.24, 2.45) is 0 Å². The molecule has 7 heteroatoms. The monoisotopic (exact) mass is 341 g/mol. The van der Waals surface area contributed by atoms with Gasteiger partial charge in [0, 0.05) is 50.7 Å². The predicted octanol–water partition coefficient (Wildman–Crippen LogP) is 0.800. The molecule has 25 heavy (non-hydrogen) atoms. The Kier molecular flexibility index (Phi) is 5.45. The van der Waals surface area contributed by atoms with Gasteiger partial charge in [0.2, 0.25) is 5.91 Å². The van der Waals surface area contributed by atoms with Gasteiger partial charge in [0.1, 0.15) is 17.7 Å². The van der Waals surface area contributed by atoms with Gasteiger partial charge in [-0.2, -0.15) is 0 Å². The number of nitrogens with one attached hydrogen (secondary N) is 1. The number of piperazine rings is 1. The minimum absolute atomic E-state index is 0.355. The number of pyridine rings is 2. The number of carbonyl (C=O) groups is 1. The van der Waals surface area contributed by atoms with Crippen LogP contribution in [0.15, 0.2) is 42.7 Å². The average Bonchev–Trinajstić information content (AvgIpc) is 2.67. The summed E-state index contributed by atoms with van der Waals surface area (Å²) in [7, 11) is 0.